The second-order valence-corrected chi connectivity index (χ2v) is 6.25. The summed E-state index contributed by atoms with van der Waals surface area (Å²) < 4.78 is 18.2. The first-order chi connectivity index (χ1) is 13.5. The average Bonchev–Trinajstić information content (AvgIpc) is 2.70. The van der Waals surface area contributed by atoms with Crippen LogP contribution in [-0.2, 0) is 6.42 Å². The van der Waals surface area contributed by atoms with Crippen LogP contribution in [0.4, 0.5) is 15.9 Å². The van der Waals surface area contributed by atoms with Gasteiger partial charge >= 0.3 is 0 Å². The van der Waals surface area contributed by atoms with Crippen molar-refractivity contribution < 1.29 is 13.9 Å². The molecule has 0 bridgehead atoms. The summed E-state index contributed by atoms with van der Waals surface area (Å²) in [5, 5.41) is 5.92. The lowest BCUT2D eigenvalue weighted by Crippen LogP contribution is -2.15. The predicted octanol–water partition coefficient (Wildman–Crippen LogP) is 3.84. The van der Waals surface area contributed by atoms with Gasteiger partial charge in [0.2, 0.25) is 0 Å². The van der Waals surface area contributed by atoms with Crippen molar-refractivity contribution in [2.24, 2.45) is 0 Å². The number of nitrogens with one attached hydrogen (secondary N) is 2. The Morgan fingerprint density at radius 1 is 1.11 bits per heavy atom. The summed E-state index contributed by atoms with van der Waals surface area (Å²) in [6.45, 7) is 2.55. The zero-order valence-electron chi connectivity index (χ0n) is 15.7. The van der Waals surface area contributed by atoms with Gasteiger partial charge in [-0.3, -0.25) is 4.79 Å². The number of hydrogen-bond acceptors (Lipinski definition) is 5. The van der Waals surface area contributed by atoms with Gasteiger partial charge in [-0.2, -0.15) is 0 Å². The summed E-state index contributed by atoms with van der Waals surface area (Å²) in [5.74, 6) is 0.520. The highest BCUT2D eigenvalue weighted by molar-refractivity contribution is 6.03. The maximum atomic E-state index is 12.9. The molecule has 1 amide bonds. The number of rotatable bonds is 7. The van der Waals surface area contributed by atoms with E-state index in [1.54, 1.807) is 25.3 Å². The molecule has 0 aliphatic heterocycles. The molecule has 6 nitrogen and oxygen atoms in total. The van der Waals surface area contributed by atoms with E-state index in [1.165, 1.54) is 24.5 Å². The van der Waals surface area contributed by atoms with Crippen molar-refractivity contribution in [1.29, 1.82) is 0 Å². The van der Waals surface area contributed by atoms with Crippen LogP contribution >= 0.6 is 0 Å². The monoisotopic (exact) mass is 380 g/mol. The number of aryl methyl sites for hydroxylation is 1. The molecule has 0 saturated carbocycles. The summed E-state index contributed by atoms with van der Waals surface area (Å²) in [6.07, 6.45) is 3.64. The van der Waals surface area contributed by atoms with E-state index in [0.29, 0.717) is 23.8 Å². The molecule has 3 aromatic rings. The summed E-state index contributed by atoms with van der Waals surface area (Å²) in [5.41, 5.74) is 2.80. The van der Waals surface area contributed by atoms with Crippen molar-refractivity contribution in [3.8, 4) is 5.75 Å². The SMILES string of the molecule is COc1ccc(C)cc1NC(=O)c1cnc(NCCc2ccc(F)cc2)cn1. The number of anilines is 2. The standard InChI is InChI=1S/C21H21FN4O2/c1-14-3-8-19(28-2)17(11-14)26-21(27)18-12-25-20(13-24-18)23-10-9-15-4-6-16(22)7-5-15/h3-8,11-13H,9-10H2,1-2H3,(H,23,25)(H,26,27). The quantitative estimate of drug-likeness (QED) is 0.651. The highest BCUT2D eigenvalue weighted by Gasteiger charge is 2.12. The number of aromatic nitrogens is 2. The lowest BCUT2D eigenvalue weighted by atomic mass is 10.1. The lowest BCUT2D eigenvalue weighted by molar-refractivity contribution is 0.102. The molecule has 3 rings (SSSR count). The number of carbonyl (C=O) groups excluding carboxylic acids is 1. The number of hydrogen-bond donors (Lipinski definition) is 2. The Morgan fingerprint density at radius 3 is 2.57 bits per heavy atom. The molecule has 7 heteroatoms. The molecule has 1 heterocycles. The maximum Gasteiger partial charge on any atom is 0.275 e. The van der Waals surface area contributed by atoms with Crippen LogP contribution in [0.3, 0.4) is 0 Å². The van der Waals surface area contributed by atoms with Crippen LogP contribution in [0, 0.1) is 12.7 Å². The average molecular weight is 380 g/mol. The molecule has 0 unspecified atom stereocenters. The fraction of sp³-hybridized carbons (Fsp3) is 0.190. The van der Waals surface area contributed by atoms with Crippen molar-refractivity contribution in [1.82, 2.24) is 9.97 Å². The Balaban J connectivity index is 1.57. The summed E-state index contributed by atoms with van der Waals surface area (Å²) in [7, 11) is 1.55. The minimum atomic E-state index is -0.366. The number of halogens is 1. The first-order valence-corrected chi connectivity index (χ1v) is 8.81. The van der Waals surface area contributed by atoms with Crippen molar-refractivity contribution in [2.45, 2.75) is 13.3 Å². The molecule has 2 N–H and O–H groups in total. The molecule has 2 aromatic carbocycles. The number of benzene rings is 2. The minimum Gasteiger partial charge on any atom is -0.495 e. The molecule has 0 radical (unpaired) electrons. The topological polar surface area (TPSA) is 76.1 Å². The highest BCUT2D eigenvalue weighted by Crippen LogP contribution is 2.25. The van der Waals surface area contributed by atoms with E-state index in [2.05, 4.69) is 20.6 Å². The van der Waals surface area contributed by atoms with Crippen molar-refractivity contribution >= 4 is 17.4 Å². The third-order valence-electron chi connectivity index (χ3n) is 4.12. The molecule has 0 atom stereocenters. The van der Waals surface area contributed by atoms with Crippen molar-refractivity contribution in [2.75, 3.05) is 24.3 Å². The van der Waals surface area contributed by atoms with Gasteiger partial charge in [-0.15, -0.1) is 0 Å². The second kappa shape index (κ2) is 8.94. The van der Waals surface area contributed by atoms with Crippen molar-refractivity contribution in [3.63, 3.8) is 0 Å². The van der Waals surface area contributed by atoms with Crippen LogP contribution < -0.4 is 15.4 Å². The fourth-order valence-electron chi connectivity index (χ4n) is 2.63. The zero-order chi connectivity index (χ0) is 19.9. The molecule has 28 heavy (non-hydrogen) atoms. The minimum absolute atomic E-state index is 0.202. The van der Waals surface area contributed by atoms with E-state index in [-0.39, 0.29) is 17.4 Å². The Hall–Kier alpha value is -3.48. The molecular weight excluding hydrogens is 359 g/mol. The molecule has 144 valence electrons. The Kier molecular flexibility index (Phi) is 6.16. The van der Waals surface area contributed by atoms with Gasteiger partial charge in [0.05, 0.1) is 25.2 Å². The molecule has 0 aliphatic rings. The molecule has 1 aromatic heterocycles. The van der Waals surface area contributed by atoms with Crippen LogP contribution in [0.15, 0.2) is 54.9 Å². The van der Waals surface area contributed by atoms with E-state index in [4.69, 9.17) is 4.74 Å². The molecule has 0 spiro atoms. The van der Waals surface area contributed by atoms with Crippen LogP contribution in [-0.4, -0.2) is 29.5 Å². The van der Waals surface area contributed by atoms with E-state index >= 15 is 0 Å². The first-order valence-electron chi connectivity index (χ1n) is 8.81. The second-order valence-electron chi connectivity index (χ2n) is 6.25. The Labute approximate surface area is 162 Å². The van der Waals surface area contributed by atoms with Gasteiger partial charge in [-0.1, -0.05) is 18.2 Å². The van der Waals surface area contributed by atoms with Crippen LogP contribution in [0.5, 0.6) is 5.75 Å². The van der Waals surface area contributed by atoms with Gasteiger partial charge in [0.15, 0.2) is 0 Å². The van der Waals surface area contributed by atoms with Crippen LogP contribution in [0.1, 0.15) is 21.6 Å². The predicted molar refractivity (Wildman–Crippen MR) is 106 cm³/mol. The molecule has 0 saturated heterocycles. The molecule has 0 fully saturated rings. The normalized spacial score (nSPS) is 10.4. The molecule has 0 aliphatic carbocycles. The molecular formula is C21H21FN4O2. The number of nitrogens with zero attached hydrogens (tertiary/aromatic N) is 2. The van der Waals surface area contributed by atoms with Crippen LogP contribution in [0.25, 0.3) is 0 Å². The third-order valence-corrected chi connectivity index (χ3v) is 4.12. The lowest BCUT2D eigenvalue weighted by Gasteiger charge is -2.11. The third kappa shape index (κ3) is 5.03. The van der Waals surface area contributed by atoms with E-state index in [9.17, 15) is 9.18 Å². The van der Waals surface area contributed by atoms with Gasteiger partial charge in [-0.05, 0) is 48.7 Å². The fourth-order valence-corrected chi connectivity index (χ4v) is 2.63. The smallest absolute Gasteiger partial charge is 0.275 e. The maximum absolute atomic E-state index is 12.9. The Bertz CT molecular complexity index is 944. The summed E-state index contributed by atoms with van der Waals surface area (Å²) >= 11 is 0. The van der Waals surface area contributed by atoms with Gasteiger partial charge in [0.25, 0.3) is 5.91 Å². The van der Waals surface area contributed by atoms with Crippen LogP contribution in [0.2, 0.25) is 0 Å². The van der Waals surface area contributed by atoms with E-state index in [0.717, 1.165) is 17.5 Å². The van der Waals surface area contributed by atoms with Gasteiger partial charge in [-0.25, -0.2) is 14.4 Å². The summed E-state index contributed by atoms with van der Waals surface area (Å²) in [6, 6.07) is 11.9. The Morgan fingerprint density at radius 2 is 1.89 bits per heavy atom. The largest absolute Gasteiger partial charge is 0.495 e. The van der Waals surface area contributed by atoms with E-state index < -0.39 is 0 Å². The number of carbonyl (C=O) groups is 1. The van der Waals surface area contributed by atoms with E-state index in [1.807, 2.05) is 19.1 Å². The van der Waals surface area contributed by atoms with Gasteiger partial charge < -0.3 is 15.4 Å². The zero-order valence-corrected chi connectivity index (χ0v) is 15.7. The van der Waals surface area contributed by atoms with Crippen molar-refractivity contribution in [3.05, 3.63) is 77.5 Å². The number of methoxy groups -OCH3 is 1. The first kappa shape index (κ1) is 19.3. The number of amides is 1. The summed E-state index contributed by atoms with van der Waals surface area (Å²) in [4.78, 5) is 20.8. The van der Waals surface area contributed by atoms with Gasteiger partial charge in [0.1, 0.15) is 23.1 Å². The van der Waals surface area contributed by atoms with Gasteiger partial charge in [0, 0.05) is 6.54 Å². The highest BCUT2D eigenvalue weighted by atomic mass is 19.1. The number of ether oxygens (including phenoxy) is 1.